The molecule has 0 saturated carbocycles. The van der Waals surface area contributed by atoms with Crippen molar-refractivity contribution >= 4 is 23.2 Å². The van der Waals surface area contributed by atoms with Crippen LogP contribution >= 0.6 is 11.3 Å². The second-order valence-corrected chi connectivity index (χ2v) is 13.6. The number of carboxylic acids is 1. The van der Waals surface area contributed by atoms with Gasteiger partial charge in [0, 0.05) is 24.1 Å². The minimum Gasteiger partial charge on any atom is -0.496 e. The number of aliphatic carboxylic acids is 1. The van der Waals surface area contributed by atoms with Crippen molar-refractivity contribution in [2.75, 3.05) is 7.11 Å². The number of thiophene rings is 1. The Morgan fingerprint density at radius 1 is 1.02 bits per heavy atom. The van der Waals surface area contributed by atoms with Crippen LogP contribution in [0.1, 0.15) is 69.8 Å². The van der Waals surface area contributed by atoms with E-state index in [0.29, 0.717) is 6.54 Å². The highest BCUT2D eigenvalue weighted by Crippen LogP contribution is 2.48. The van der Waals surface area contributed by atoms with E-state index in [1.54, 1.807) is 12.0 Å². The van der Waals surface area contributed by atoms with Crippen LogP contribution in [0.4, 0.5) is 0 Å². The first-order valence-electron chi connectivity index (χ1n) is 13.8. The number of methoxy groups -OCH3 is 1. The molecule has 6 nitrogen and oxygen atoms in total. The number of hydrogen-bond donors (Lipinski definition) is 2. The summed E-state index contributed by atoms with van der Waals surface area (Å²) in [6.45, 7) is 13.2. The van der Waals surface area contributed by atoms with Crippen LogP contribution in [0.5, 0.6) is 5.75 Å². The molecule has 2 N–H and O–H groups in total. The molecule has 3 aromatic rings. The molecule has 40 heavy (non-hydrogen) atoms. The van der Waals surface area contributed by atoms with Crippen LogP contribution in [-0.2, 0) is 28.0 Å². The summed E-state index contributed by atoms with van der Waals surface area (Å²) in [5.41, 5.74) is 3.59. The Labute approximate surface area is 242 Å². The van der Waals surface area contributed by atoms with Gasteiger partial charge in [-0.05, 0) is 50.4 Å². The number of ether oxygens (including phenoxy) is 1. The van der Waals surface area contributed by atoms with E-state index in [1.165, 1.54) is 16.9 Å². The maximum Gasteiger partial charge on any atom is 0.326 e. The van der Waals surface area contributed by atoms with Crippen LogP contribution in [0, 0.1) is 11.3 Å². The predicted molar refractivity (Wildman–Crippen MR) is 161 cm³/mol. The summed E-state index contributed by atoms with van der Waals surface area (Å²) in [5, 5.41) is 18.3. The molecule has 1 fully saturated rings. The first-order valence-corrected chi connectivity index (χ1v) is 14.8. The molecular formula is C33H42N2O4S. The van der Waals surface area contributed by atoms with Crippen molar-refractivity contribution in [2.45, 2.75) is 78.0 Å². The van der Waals surface area contributed by atoms with E-state index in [9.17, 15) is 14.7 Å². The average Bonchev–Trinajstić information content (AvgIpc) is 3.53. The largest absolute Gasteiger partial charge is 0.496 e. The van der Waals surface area contributed by atoms with Gasteiger partial charge in [0.1, 0.15) is 11.8 Å². The average molecular weight is 563 g/mol. The van der Waals surface area contributed by atoms with Gasteiger partial charge in [0.2, 0.25) is 5.91 Å². The van der Waals surface area contributed by atoms with Gasteiger partial charge in [-0.1, -0.05) is 84.0 Å². The van der Waals surface area contributed by atoms with Crippen LogP contribution in [0.25, 0.3) is 0 Å². The van der Waals surface area contributed by atoms with Gasteiger partial charge in [-0.3, -0.25) is 4.79 Å². The van der Waals surface area contributed by atoms with Crippen molar-refractivity contribution in [1.82, 2.24) is 10.2 Å². The van der Waals surface area contributed by atoms with Crippen LogP contribution in [0.2, 0.25) is 0 Å². The zero-order valence-corrected chi connectivity index (χ0v) is 25.4. The third-order valence-corrected chi connectivity index (χ3v) is 8.69. The molecule has 1 saturated heterocycles. The Balaban J connectivity index is 1.81. The number of carbonyl (C=O) groups is 2. The fourth-order valence-electron chi connectivity index (χ4n) is 6.03. The van der Waals surface area contributed by atoms with Crippen molar-refractivity contribution in [3.63, 3.8) is 0 Å². The normalized spacial score (nSPS) is 21.4. The van der Waals surface area contributed by atoms with Gasteiger partial charge < -0.3 is 20.1 Å². The minimum atomic E-state index is -0.976. The topological polar surface area (TPSA) is 78.9 Å². The molecule has 1 aromatic heterocycles. The molecular weight excluding hydrogens is 520 g/mol. The number of amides is 1. The van der Waals surface area contributed by atoms with E-state index in [2.05, 4.69) is 59.0 Å². The van der Waals surface area contributed by atoms with E-state index in [4.69, 9.17) is 4.74 Å². The molecule has 1 aliphatic heterocycles. The number of benzene rings is 2. The molecule has 0 spiro atoms. The summed E-state index contributed by atoms with van der Waals surface area (Å²) < 4.78 is 5.71. The van der Waals surface area contributed by atoms with E-state index >= 15 is 0 Å². The number of carboxylic acid groups (broad SMARTS) is 1. The second kappa shape index (κ2) is 11.8. The van der Waals surface area contributed by atoms with Crippen molar-refractivity contribution < 1.29 is 19.4 Å². The first-order chi connectivity index (χ1) is 18.8. The summed E-state index contributed by atoms with van der Waals surface area (Å²) in [5.74, 6) is -0.720. The van der Waals surface area contributed by atoms with Crippen molar-refractivity contribution in [2.24, 2.45) is 11.3 Å². The lowest BCUT2D eigenvalue weighted by atomic mass is 9.72. The number of carbonyl (C=O) groups excluding carboxylic acids is 1. The van der Waals surface area contributed by atoms with Gasteiger partial charge in [-0.2, -0.15) is 11.3 Å². The van der Waals surface area contributed by atoms with Crippen molar-refractivity contribution in [3.05, 3.63) is 87.6 Å². The van der Waals surface area contributed by atoms with E-state index < -0.39 is 23.5 Å². The number of nitrogens with zero attached hydrogens (tertiary/aromatic N) is 1. The standard InChI is InChI=1S/C33H42N2O4S/c1-32(2,3)24-13-14-25(39-7)23(18-24)19-34-28-27(33(4,5)6)30(31(37)38)35(26(36)17-21-15-16-40-20-21)29(28)22-11-9-8-10-12-22/h8-16,18,20,27-30,34H,17,19H2,1-7H3,(H,37,38)/t27-,28-,29-,30-/m0/s1. The van der Waals surface area contributed by atoms with Crippen molar-refractivity contribution in [1.29, 1.82) is 0 Å². The summed E-state index contributed by atoms with van der Waals surface area (Å²) in [7, 11) is 1.67. The molecule has 4 rings (SSSR count). The maximum atomic E-state index is 14.0. The first kappa shape index (κ1) is 29.8. The summed E-state index contributed by atoms with van der Waals surface area (Å²) in [6.07, 6.45) is 0.168. The highest BCUT2D eigenvalue weighted by molar-refractivity contribution is 7.08. The monoisotopic (exact) mass is 562 g/mol. The minimum absolute atomic E-state index is 0.0336. The number of likely N-dealkylation sites (tertiary alicyclic amines) is 1. The van der Waals surface area contributed by atoms with Gasteiger partial charge in [0.15, 0.2) is 0 Å². The fourth-order valence-corrected chi connectivity index (χ4v) is 6.70. The number of nitrogens with one attached hydrogen (secondary N) is 1. The van der Waals surface area contributed by atoms with E-state index in [0.717, 1.165) is 22.4 Å². The predicted octanol–water partition coefficient (Wildman–Crippen LogP) is 6.45. The molecule has 0 unspecified atom stereocenters. The number of hydrogen-bond acceptors (Lipinski definition) is 5. The van der Waals surface area contributed by atoms with Crippen molar-refractivity contribution in [3.8, 4) is 5.75 Å². The highest BCUT2D eigenvalue weighted by atomic mass is 32.1. The van der Waals surface area contributed by atoms with Gasteiger partial charge in [-0.25, -0.2) is 4.79 Å². The zero-order valence-electron chi connectivity index (χ0n) is 24.6. The van der Waals surface area contributed by atoms with E-state index in [-0.39, 0.29) is 29.7 Å². The smallest absolute Gasteiger partial charge is 0.326 e. The Kier molecular flexibility index (Phi) is 8.76. The van der Waals surface area contributed by atoms with Gasteiger partial charge in [0.05, 0.1) is 19.6 Å². The molecule has 4 atom stereocenters. The summed E-state index contributed by atoms with van der Waals surface area (Å²) in [6, 6.07) is 16.3. The highest BCUT2D eigenvalue weighted by Gasteiger charge is 2.57. The summed E-state index contributed by atoms with van der Waals surface area (Å²) >= 11 is 1.53. The van der Waals surface area contributed by atoms with Crippen LogP contribution in [0.15, 0.2) is 65.4 Å². The maximum absolute atomic E-state index is 14.0. The molecule has 0 aliphatic carbocycles. The zero-order chi connectivity index (χ0) is 29.2. The van der Waals surface area contributed by atoms with Gasteiger partial charge in [0.25, 0.3) is 0 Å². The lowest BCUT2D eigenvalue weighted by Crippen LogP contribution is -2.48. The number of rotatable bonds is 8. The Morgan fingerprint density at radius 2 is 1.73 bits per heavy atom. The SMILES string of the molecule is COc1ccc(C(C)(C)C)cc1CN[C@H]1[C@H](C(C)(C)C)[C@@H](C(=O)O)N(C(=O)Cc2ccsc2)[C@H]1c1ccccc1. The molecule has 1 aliphatic rings. The Morgan fingerprint density at radius 3 is 2.27 bits per heavy atom. The lowest BCUT2D eigenvalue weighted by Gasteiger charge is -2.35. The van der Waals surface area contributed by atoms with E-state index in [1.807, 2.05) is 53.2 Å². The molecule has 214 valence electrons. The van der Waals surface area contributed by atoms with Gasteiger partial charge in [-0.15, -0.1) is 0 Å². The molecule has 7 heteroatoms. The quantitative estimate of drug-likeness (QED) is 0.330. The summed E-state index contributed by atoms with van der Waals surface area (Å²) in [4.78, 5) is 28.6. The van der Waals surface area contributed by atoms with Gasteiger partial charge >= 0.3 is 5.97 Å². The molecule has 2 aromatic carbocycles. The van der Waals surface area contributed by atoms with Crippen LogP contribution in [0.3, 0.4) is 0 Å². The fraction of sp³-hybridized carbons (Fsp3) is 0.455. The third-order valence-electron chi connectivity index (χ3n) is 7.96. The second-order valence-electron chi connectivity index (χ2n) is 12.8. The molecule has 0 radical (unpaired) electrons. The van der Waals surface area contributed by atoms with Crippen LogP contribution < -0.4 is 10.1 Å². The molecule has 0 bridgehead atoms. The lowest BCUT2D eigenvalue weighted by molar-refractivity contribution is -0.152. The Hall–Kier alpha value is -3.16. The Bertz CT molecular complexity index is 1310. The third kappa shape index (κ3) is 6.26. The molecule has 2 heterocycles. The van der Waals surface area contributed by atoms with Crippen LogP contribution in [-0.4, -0.2) is 41.1 Å². The molecule has 1 amide bonds.